The molecule has 0 saturated carbocycles. The van der Waals surface area contributed by atoms with Gasteiger partial charge in [0.1, 0.15) is 6.04 Å². The third-order valence-corrected chi connectivity index (χ3v) is 5.16. The van der Waals surface area contributed by atoms with Crippen LogP contribution < -0.4 is 5.32 Å². The molecule has 0 aromatic heterocycles. The minimum Gasteiger partial charge on any atom is -0.479 e. The molecule has 116 valence electrons. The van der Waals surface area contributed by atoms with Gasteiger partial charge in [-0.25, -0.2) is 13.2 Å². The molecule has 0 aromatic rings. The number of nitrogens with one attached hydrogen (secondary N) is 1. The lowest BCUT2D eigenvalue weighted by molar-refractivity contribution is -0.146. The number of aliphatic carboxylic acids is 1. The highest BCUT2D eigenvalue weighted by Gasteiger charge is 2.38. The Balaban J connectivity index is 2.65. The Labute approximate surface area is 117 Å². The number of sulfonamides is 1. The van der Waals surface area contributed by atoms with E-state index < -0.39 is 40.6 Å². The van der Waals surface area contributed by atoms with Gasteiger partial charge in [0.15, 0.2) is 6.10 Å². The average molecular weight is 308 g/mol. The van der Waals surface area contributed by atoms with Crippen molar-refractivity contribution in [1.29, 1.82) is 0 Å². The van der Waals surface area contributed by atoms with Gasteiger partial charge in [-0.3, -0.25) is 4.79 Å². The molecule has 1 amide bonds. The van der Waals surface area contributed by atoms with Crippen LogP contribution in [0.15, 0.2) is 0 Å². The first-order chi connectivity index (χ1) is 9.29. The van der Waals surface area contributed by atoms with Crippen molar-refractivity contribution >= 4 is 21.9 Å². The number of nitrogens with zero attached hydrogens (tertiary/aromatic N) is 1. The quantitative estimate of drug-likeness (QED) is 0.540. The zero-order valence-electron chi connectivity index (χ0n) is 11.3. The molecule has 0 radical (unpaired) electrons. The zero-order valence-corrected chi connectivity index (χ0v) is 12.1. The Morgan fingerprint density at radius 3 is 2.65 bits per heavy atom. The molecule has 0 spiro atoms. The molecule has 1 saturated heterocycles. The van der Waals surface area contributed by atoms with Crippen LogP contribution in [-0.2, 0) is 19.6 Å². The molecule has 1 fully saturated rings. The molecule has 0 aromatic carbocycles. The molecular weight excluding hydrogens is 288 g/mol. The molecule has 0 bridgehead atoms. The summed E-state index contributed by atoms with van der Waals surface area (Å²) in [4.78, 5) is 22.3. The lowest BCUT2D eigenvalue weighted by Crippen LogP contribution is -2.48. The number of carboxylic acids is 1. The summed E-state index contributed by atoms with van der Waals surface area (Å²) >= 11 is 0. The average Bonchev–Trinajstić information content (AvgIpc) is 2.85. The molecule has 1 heterocycles. The summed E-state index contributed by atoms with van der Waals surface area (Å²) in [6.07, 6.45) is -0.244. The normalized spacial score (nSPS) is 21.6. The number of hydrogen-bond donors (Lipinski definition) is 3. The van der Waals surface area contributed by atoms with Gasteiger partial charge in [0.2, 0.25) is 15.9 Å². The molecular formula is C11H20N2O6S. The van der Waals surface area contributed by atoms with Crippen LogP contribution in [0.1, 0.15) is 26.2 Å². The van der Waals surface area contributed by atoms with Crippen molar-refractivity contribution in [3.8, 4) is 0 Å². The van der Waals surface area contributed by atoms with Gasteiger partial charge in [-0.15, -0.1) is 0 Å². The van der Waals surface area contributed by atoms with Crippen LogP contribution in [-0.4, -0.2) is 65.8 Å². The van der Waals surface area contributed by atoms with E-state index in [2.05, 4.69) is 5.32 Å². The number of carboxylic acid groups (broad SMARTS) is 1. The van der Waals surface area contributed by atoms with Crippen LogP contribution in [0.4, 0.5) is 0 Å². The van der Waals surface area contributed by atoms with Gasteiger partial charge in [0.25, 0.3) is 0 Å². The van der Waals surface area contributed by atoms with Gasteiger partial charge in [0.05, 0.1) is 12.3 Å². The lowest BCUT2D eigenvalue weighted by Gasteiger charge is -2.23. The standard InChI is InChI=1S/C11H20N2O6S/c1-2-6-20(18,19)13-5-3-4-8(13)10(15)12-7-9(14)11(16)17/h8-9,14H,2-7H2,1H3,(H,12,15)(H,16,17). The first-order valence-electron chi connectivity index (χ1n) is 6.47. The Kier molecular flexibility index (Phi) is 5.90. The number of hydrogen-bond acceptors (Lipinski definition) is 5. The minimum absolute atomic E-state index is 0.0193. The van der Waals surface area contributed by atoms with Gasteiger partial charge in [-0.2, -0.15) is 4.31 Å². The van der Waals surface area contributed by atoms with Crippen LogP contribution in [0.5, 0.6) is 0 Å². The highest BCUT2D eigenvalue weighted by atomic mass is 32.2. The second-order valence-corrected chi connectivity index (χ2v) is 6.73. The second kappa shape index (κ2) is 7.00. The number of aliphatic hydroxyl groups excluding tert-OH is 1. The summed E-state index contributed by atoms with van der Waals surface area (Å²) in [6.45, 7) is 1.60. The van der Waals surface area contributed by atoms with Crippen LogP contribution in [0.25, 0.3) is 0 Å². The summed E-state index contributed by atoms with van der Waals surface area (Å²) in [7, 11) is -3.47. The Morgan fingerprint density at radius 1 is 1.45 bits per heavy atom. The third-order valence-electron chi connectivity index (χ3n) is 3.08. The van der Waals surface area contributed by atoms with Gasteiger partial charge in [-0.05, 0) is 19.3 Å². The van der Waals surface area contributed by atoms with Gasteiger partial charge >= 0.3 is 5.97 Å². The van der Waals surface area contributed by atoms with Crippen molar-refractivity contribution in [3.05, 3.63) is 0 Å². The molecule has 1 rings (SSSR count). The maximum atomic E-state index is 12.0. The van der Waals surface area contributed by atoms with E-state index in [9.17, 15) is 18.0 Å². The number of rotatable bonds is 7. The van der Waals surface area contributed by atoms with E-state index in [1.165, 1.54) is 4.31 Å². The highest BCUT2D eigenvalue weighted by molar-refractivity contribution is 7.89. The number of carbonyl (C=O) groups is 2. The molecule has 0 aliphatic carbocycles. The predicted molar refractivity (Wildman–Crippen MR) is 70.5 cm³/mol. The highest BCUT2D eigenvalue weighted by Crippen LogP contribution is 2.21. The molecule has 3 N–H and O–H groups in total. The van der Waals surface area contributed by atoms with Crippen molar-refractivity contribution in [1.82, 2.24) is 9.62 Å². The molecule has 1 aliphatic rings. The third kappa shape index (κ3) is 4.15. The maximum absolute atomic E-state index is 12.0. The summed E-state index contributed by atoms with van der Waals surface area (Å²) in [5, 5.41) is 19.9. The first kappa shape index (κ1) is 16.9. The number of amides is 1. The monoisotopic (exact) mass is 308 g/mol. The van der Waals surface area contributed by atoms with Crippen LogP contribution >= 0.6 is 0 Å². The fourth-order valence-electron chi connectivity index (χ4n) is 2.11. The van der Waals surface area contributed by atoms with E-state index in [4.69, 9.17) is 10.2 Å². The fraction of sp³-hybridized carbons (Fsp3) is 0.818. The smallest absolute Gasteiger partial charge is 0.334 e. The van der Waals surface area contributed by atoms with Gasteiger partial charge < -0.3 is 15.5 Å². The summed E-state index contributed by atoms with van der Waals surface area (Å²) in [5.41, 5.74) is 0. The van der Waals surface area contributed by atoms with Crippen LogP contribution in [0.3, 0.4) is 0 Å². The first-order valence-corrected chi connectivity index (χ1v) is 8.08. The zero-order chi connectivity index (χ0) is 15.3. The minimum atomic E-state index is -3.47. The van der Waals surface area contributed by atoms with Crippen molar-refractivity contribution in [2.45, 2.75) is 38.3 Å². The van der Waals surface area contributed by atoms with Crippen LogP contribution in [0, 0.1) is 0 Å². The van der Waals surface area contributed by atoms with E-state index >= 15 is 0 Å². The molecule has 2 unspecified atom stereocenters. The summed E-state index contributed by atoms with van der Waals surface area (Å²) in [6, 6.07) is -0.812. The van der Waals surface area contributed by atoms with E-state index in [-0.39, 0.29) is 5.75 Å². The fourth-order valence-corrected chi connectivity index (χ4v) is 3.86. The Bertz CT molecular complexity index is 464. The summed E-state index contributed by atoms with van der Waals surface area (Å²) < 4.78 is 25.2. The Morgan fingerprint density at radius 2 is 2.10 bits per heavy atom. The van der Waals surface area contributed by atoms with Crippen LogP contribution in [0.2, 0.25) is 0 Å². The van der Waals surface area contributed by atoms with E-state index in [1.54, 1.807) is 6.92 Å². The number of carbonyl (C=O) groups excluding carboxylic acids is 1. The van der Waals surface area contributed by atoms with Crippen molar-refractivity contribution in [3.63, 3.8) is 0 Å². The molecule has 2 atom stereocenters. The largest absolute Gasteiger partial charge is 0.479 e. The topological polar surface area (TPSA) is 124 Å². The molecule has 20 heavy (non-hydrogen) atoms. The summed E-state index contributed by atoms with van der Waals surface area (Å²) in [5.74, 6) is -2.02. The van der Waals surface area contributed by atoms with E-state index in [0.717, 1.165) is 0 Å². The lowest BCUT2D eigenvalue weighted by atomic mass is 10.2. The van der Waals surface area contributed by atoms with Crippen molar-refractivity contribution in [2.75, 3.05) is 18.8 Å². The van der Waals surface area contributed by atoms with Gasteiger partial charge in [-0.1, -0.05) is 6.92 Å². The van der Waals surface area contributed by atoms with E-state index in [1.807, 2.05) is 0 Å². The SMILES string of the molecule is CCCS(=O)(=O)N1CCCC1C(=O)NCC(O)C(=O)O. The number of aliphatic hydroxyl groups is 1. The Hall–Kier alpha value is -1.19. The molecule has 8 nitrogen and oxygen atoms in total. The maximum Gasteiger partial charge on any atom is 0.334 e. The van der Waals surface area contributed by atoms with Crippen molar-refractivity contribution in [2.24, 2.45) is 0 Å². The second-order valence-electron chi connectivity index (χ2n) is 4.68. The predicted octanol–water partition coefficient (Wildman–Crippen LogP) is -1.25. The molecule has 1 aliphatic heterocycles. The van der Waals surface area contributed by atoms with Gasteiger partial charge in [0, 0.05) is 6.54 Å². The van der Waals surface area contributed by atoms with Crippen molar-refractivity contribution < 1.29 is 28.2 Å². The van der Waals surface area contributed by atoms with E-state index in [0.29, 0.717) is 25.8 Å². The molecule has 9 heteroatoms.